The summed E-state index contributed by atoms with van der Waals surface area (Å²) in [6.45, 7) is 9.50. The molecule has 35 heavy (non-hydrogen) atoms. The van der Waals surface area contributed by atoms with Gasteiger partial charge in [0.1, 0.15) is 6.04 Å². The molecule has 3 atom stereocenters. The highest BCUT2D eigenvalue weighted by atomic mass is 35.5. The second-order valence-corrected chi connectivity index (χ2v) is 10.7. The van der Waals surface area contributed by atoms with Crippen LogP contribution in [0.1, 0.15) is 64.6 Å². The Morgan fingerprint density at radius 1 is 0.886 bits per heavy atom. The number of hydrogen-bond donors (Lipinski definition) is 4. The largest absolute Gasteiger partial charge is 0.344 e. The first-order chi connectivity index (χ1) is 16.4. The highest BCUT2D eigenvalue weighted by Crippen LogP contribution is 2.27. The first-order valence-corrected chi connectivity index (χ1v) is 12.1. The molecule has 0 fully saturated rings. The van der Waals surface area contributed by atoms with E-state index in [4.69, 9.17) is 16.8 Å². The molecule has 2 rings (SSSR count). The van der Waals surface area contributed by atoms with Gasteiger partial charge in [-0.05, 0) is 41.0 Å². The van der Waals surface area contributed by atoms with E-state index >= 15 is 0 Å². The van der Waals surface area contributed by atoms with Crippen LogP contribution in [0.5, 0.6) is 0 Å². The normalized spacial score (nSPS) is 14.1. The lowest BCUT2D eigenvalue weighted by Gasteiger charge is -2.33. The molecule has 0 radical (unpaired) electrons. The van der Waals surface area contributed by atoms with Gasteiger partial charge in [-0.2, -0.15) is 0 Å². The van der Waals surface area contributed by atoms with Gasteiger partial charge in [-0.3, -0.25) is 19.6 Å². The van der Waals surface area contributed by atoms with Crippen LogP contribution in [0.3, 0.4) is 0 Å². The SMILES string of the molecule is CC(C)C[C@H](CC(=O)NO)C(=O)N[C@H](C(=O)NC(c1ccccc1)c1ccc(Cl)cc1)C(C)(C)C. The molecule has 2 aromatic rings. The van der Waals surface area contributed by atoms with E-state index in [1.807, 2.05) is 77.1 Å². The lowest BCUT2D eigenvalue weighted by Crippen LogP contribution is -2.55. The minimum Gasteiger partial charge on any atom is -0.344 e. The van der Waals surface area contributed by atoms with E-state index < -0.39 is 35.2 Å². The maximum atomic E-state index is 13.6. The van der Waals surface area contributed by atoms with E-state index in [2.05, 4.69) is 10.6 Å². The third-order valence-electron chi connectivity index (χ3n) is 5.72. The molecule has 190 valence electrons. The number of nitrogens with one attached hydrogen (secondary N) is 3. The van der Waals surface area contributed by atoms with Gasteiger partial charge in [0.05, 0.1) is 6.04 Å². The first kappa shape index (κ1) is 28.3. The number of amides is 3. The summed E-state index contributed by atoms with van der Waals surface area (Å²) in [4.78, 5) is 38.6. The van der Waals surface area contributed by atoms with Gasteiger partial charge >= 0.3 is 0 Å². The summed E-state index contributed by atoms with van der Waals surface area (Å²) in [6, 6.07) is 15.5. The summed E-state index contributed by atoms with van der Waals surface area (Å²) < 4.78 is 0. The molecule has 0 aliphatic heterocycles. The fourth-order valence-electron chi connectivity index (χ4n) is 3.94. The molecule has 8 heteroatoms. The van der Waals surface area contributed by atoms with Crippen molar-refractivity contribution in [3.63, 3.8) is 0 Å². The Labute approximate surface area is 212 Å². The number of carbonyl (C=O) groups is 3. The Balaban J connectivity index is 2.32. The molecule has 0 bridgehead atoms. The number of hydroxylamine groups is 1. The second kappa shape index (κ2) is 12.7. The van der Waals surface area contributed by atoms with Crippen molar-refractivity contribution < 1.29 is 19.6 Å². The quantitative estimate of drug-likeness (QED) is 0.281. The van der Waals surface area contributed by atoms with E-state index in [9.17, 15) is 14.4 Å². The summed E-state index contributed by atoms with van der Waals surface area (Å²) in [6.07, 6.45) is 0.269. The monoisotopic (exact) mass is 501 g/mol. The van der Waals surface area contributed by atoms with Gasteiger partial charge in [-0.15, -0.1) is 0 Å². The zero-order chi connectivity index (χ0) is 26.2. The average Bonchev–Trinajstić information content (AvgIpc) is 2.80. The van der Waals surface area contributed by atoms with Crippen LogP contribution in [-0.4, -0.2) is 29.0 Å². The molecule has 0 heterocycles. The molecule has 3 amide bonds. The molecule has 2 aromatic carbocycles. The molecule has 7 nitrogen and oxygen atoms in total. The lowest BCUT2D eigenvalue weighted by atomic mass is 9.84. The zero-order valence-electron chi connectivity index (χ0n) is 21.0. The topological polar surface area (TPSA) is 108 Å². The van der Waals surface area contributed by atoms with Crippen LogP contribution in [0, 0.1) is 17.3 Å². The highest BCUT2D eigenvalue weighted by Gasteiger charge is 2.36. The maximum Gasteiger partial charge on any atom is 0.244 e. The van der Waals surface area contributed by atoms with Crippen LogP contribution in [0.15, 0.2) is 54.6 Å². The van der Waals surface area contributed by atoms with Gasteiger partial charge in [0, 0.05) is 17.4 Å². The summed E-state index contributed by atoms with van der Waals surface area (Å²) in [5.74, 6) is -1.92. The molecule has 0 aliphatic carbocycles. The van der Waals surface area contributed by atoms with Crippen molar-refractivity contribution in [1.82, 2.24) is 16.1 Å². The molecule has 0 spiro atoms. The molecular formula is C27H36ClN3O4. The Bertz CT molecular complexity index is 988. The van der Waals surface area contributed by atoms with Gasteiger partial charge in [0.15, 0.2) is 0 Å². The summed E-state index contributed by atoms with van der Waals surface area (Å²) in [5, 5.41) is 15.5. The molecule has 0 saturated carbocycles. The second-order valence-electron chi connectivity index (χ2n) is 10.3. The predicted octanol–water partition coefficient (Wildman–Crippen LogP) is 4.63. The van der Waals surface area contributed by atoms with E-state index in [1.54, 1.807) is 17.6 Å². The smallest absolute Gasteiger partial charge is 0.244 e. The predicted molar refractivity (Wildman–Crippen MR) is 137 cm³/mol. The van der Waals surface area contributed by atoms with E-state index in [1.165, 1.54) is 0 Å². The molecule has 1 unspecified atom stereocenters. The number of halogens is 1. The Morgan fingerprint density at radius 2 is 1.46 bits per heavy atom. The number of carbonyl (C=O) groups excluding carboxylic acids is 3. The highest BCUT2D eigenvalue weighted by molar-refractivity contribution is 6.30. The van der Waals surface area contributed by atoms with Crippen LogP contribution >= 0.6 is 11.6 Å². The molecule has 0 aliphatic rings. The summed E-state index contributed by atoms with van der Waals surface area (Å²) in [5.41, 5.74) is 2.72. The van der Waals surface area contributed by atoms with Gasteiger partial charge in [-0.25, -0.2) is 5.48 Å². The van der Waals surface area contributed by atoms with Gasteiger partial charge in [0.25, 0.3) is 0 Å². The summed E-state index contributed by atoms with van der Waals surface area (Å²) >= 11 is 6.07. The van der Waals surface area contributed by atoms with E-state index in [0.29, 0.717) is 11.4 Å². The van der Waals surface area contributed by atoms with Crippen molar-refractivity contribution in [2.75, 3.05) is 0 Å². The van der Waals surface area contributed by atoms with Crippen molar-refractivity contribution in [3.05, 3.63) is 70.7 Å². The molecular weight excluding hydrogens is 466 g/mol. The van der Waals surface area contributed by atoms with Crippen molar-refractivity contribution in [2.45, 2.75) is 59.5 Å². The zero-order valence-corrected chi connectivity index (χ0v) is 21.7. The van der Waals surface area contributed by atoms with Crippen molar-refractivity contribution in [1.29, 1.82) is 0 Å². The first-order valence-electron chi connectivity index (χ1n) is 11.8. The fraction of sp³-hybridized carbons (Fsp3) is 0.444. The van der Waals surface area contributed by atoms with Crippen molar-refractivity contribution >= 4 is 29.3 Å². The van der Waals surface area contributed by atoms with E-state index in [0.717, 1.165) is 11.1 Å². The number of benzene rings is 2. The average molecular weight is 502 g/mol. The van der Waals surface area contributed by atoms with Crippen LogP contribution in [-0.2, 0) is 14.4 Å². The molecule has 4 N–H and O–H groups in total. The van der Waals surface area contributed by atoms with Crippen LogP contribution in [0.25, 0.3) is 0 Å². The fourth-order valence-corrected chi connectivity index (χ4v) is 4.07. The Kier molecular flexibility index (Phi) is 10.3. The maximum absolute atomic E-state index is 13.6. The Morgan fingerprint density at radius 3 is 1.97 bits per heavy atom. The van der Waals surface area contributed by atoms with Crippen LogP contribution < -0.4 is 16.1 Å². The molecule has 0 saturated heterocycles. The van der Waals surface area contributed by atoms with Gasteiger partial charge in [0.2, 0.25) is 17.7 Å². The molecule has 0 aromatic heterocycles. The van der Waals surface area contributed by atoms with E-state index in [-0.39, 0.29) is 18.2 Å². The lowest BCUT2D eigenvalue weighted by molar-refractivity contribution is -0.137. The van der Waals surface area contributed by atoms with Crippen LogP contribution in [0.2, 0.25) is 5.02 Å². The van der Waals surface area contributed by atoms with Crippen LogP contribution in [0.4, 0.5) is 0 Å². The standard InChI is InChI=1S/C27H36ClN3O4/c1-17(2)15-20(16-22(32)31-35)25(33)30-24(27(3,4)5)26(34)29-23(18-9-7-6-8-10-18)19-11-13-21(28)14-12-19/h6-14,17,20,23-24,35H,15-16H2,1-5H3,(H,29,34)(H,30,33)(H,31,32)/t20-,23?,24-/m1/s1. The minimum absolute atomic E-state index is 0.145. The minimum atomic E-state index is -0.861. The Hall–Kier alpha value is -2.90. The van der Waals surface area contributed by atoms with Crippen molar-refractivity contribution in [3.8, 4) is 0 Å². The van der Waals surface area contributed by atoms with Crippen molar-refractivity contribution in [2.24, 2.45) is 17.3 Å². The number of hydrogen-bond acceptors (Lipinski definition) is 4. The van der Waals surface area contributed by atoms with Gasteiger partial charge in [-0.1, -0.05) is 88.7 Å². The third kappa shape index (κ3) is 8.67. The summed E-state index contributed by atoms with van der Waals surface area (Å²) in [7, 11) is 0. The number of rotatable bonds is 10. The third-order valence-corrected chi connectivity index (χ3v) is 5.97. The van der Waals surface area contributed by atoms with Gasteiger partial charge < -0.3 is 10.6 Å².